The molecular weight excluding hydrogens is 290 g/mol. The van der Waals surface area contributed by atoms with E-state index in [1.54, 1.807) is 19.3 Å². The summed E-state index contributed by atoms with van der Waals surface area (Å²) in [5.41, 5.74) is 0.623. The third kappa shape index (κ3) is 3.09. The molecule has 5 heteroatoms. The molecule has 0 saturated carbocycles. The molecule has 1 N–H and O–H groups in total. The summed E-state index contributed by atoms with van der Waals surface area (Å²) < 4.78 is 1.51. The molecule has 2 unspecified atom stereocenters. The van der Waals surface area contributed by atoms with Crippen molar-refractivity contribution >= 4 is 22.5 Å². The summed E-state index contributed by atoms with van der Waals surface area (Å²) in [6.07, 6.45) is 2.85. The quantitative estimate of drug-likeness (QED) is 0.880. The Morgan fingerprint density at radius 1 is 1.13 bits per heavy atom. The van der Waals surface area contributed by atoms with Crippen LogP contribution in [0.1, 0.15) is 20.3 Å². The average Bonchev–Trinajstić information content (AvgIpc) is 2.51. The van der Waals surface area contributed by atoms with Gasteiger partial charge in [0.25, 0.3) is 5.56 Å². The zero-order valence-electron chi connectivity index (χ0n) is 13.9. The number of carbonyl (C=O) groups is 1. The molecule has 1 fully saturated rings. The lowest BCUT2D eigenvalue weighted by Crippen LogP contribution is -2.44. The minimum Gasteiger partial charge on any atom is -0.324 e. The summed E-state index contributed by atoms with van der Waals surface area (Å²) in [6, 6.07) is 7.28. The third-order valence-electron chi connectivity index (χ3n) is 4.49. The predicted octanol–water partition coefficient (Wildman–Crippen LogP) is 3.05. The number of carbonyl (C=O) groups excluding carboxylic acids is 1. The van der Waals surface area contributed by atoms with E-state index >= 15 is 0 Å². The van der Waals surface area contributed by atoms with Crippen LogP contribution in [-0.2, 0) is 7.05 Å². The van der Waals surface area contributed by atoms with Crippen LogP contribution in [0.5, 0.6) is 0 Å². The fourth-order valence-corrected chi connectivity index (χ4v) is 3.54. The van der Waals surface area contributed by atoms with Crippen molar-refractivity contribution in [2.75, 3.05) is 18.4 Å². The molecule has 2 amide bonds. The second-order valence-electron chi connectivity index (χ2n) is 6.79. The van der Waals surface area contributed by atoms with Crippen molar-refractivity contribution in [1.82, 2.24) is 9.47 Å². The highest BCUT2D eigenvalue weighted by atomic mass is 16.2. The lowest BCUT2D eigenvalue weighted by atomic mass is 9.92. The number of aromatic nitrogens is 1. The molecule has 0 spiro atoms. The van der Waals surface area contributed by atoms with Crippen LogP contribution in [0.15, 0.2) is 35.3 Å². The zero-order valence-corrected chi connectivity index (χ0v) is 13.9. The molecule has 1 aromatic heterocycles. The number of urea groups is 1. The van der Waals surface area contributed by atoms with Crippen molar-refractivity contribution in [1.29, 1.82) is 0 Å². The van der Waals surface area contributed by atoms with E-state index in [1.165, 1.54) is 4.57 Å². The monoisotopic (exact) mass is 313 g/mol. The smallest absolute Gasteiger partial charge is 0.321 e. The Kier molecular flexibility index (Phi) is 4.11. The van der Waals surface area contributed by atoms with Gasteiger partial charge < -0.3 is 14.8 Å². The van der Waals surface area contributed by atoms with Gasteiger partial charge in [-0.05, 0) is 24.3 Å². The number of nitrogens with zero attached hydrogens (tertiary/aromatic N) is 2. The van der Waals surface area contributed by atoms with Crippen molar-refractivity contribution in [2.24, 2.45) is 18.9 Å². The number of benzene rings is 1. The first-order valence-electron chi connectivity index (χ1n) is 8.10. The molecule has 1 saturated heterocycles. The Morgan fingerprint density at radius 2 is 1.74 bits per heavy atom. The van der Waals surface area contributed by atoms with Gasteiger partial charge in [0.2, 0.25) is 0 Å². The van der Waals surface area contributed by atoms with Gasteiger partial charge in [-0.25, -0.2) is 4.79 Å². The number of piperidine rings is 1. The Morgan fingerprint density at radius 3 is 2.39 bits per heavy atom. The van der Waals surface area contributed by atoms with Gasteiger partial charge >= 0.3 is 6.03 Å². The summed E-state index contributed by atoms with van der Waals surface area (Å²) in [6.45, 7) is 5.91. The molecule has 1 aromatic carbocycles. The van der Waals surface area contributed by atoms with Crippen LogP contribution < -0.4 is 10.9 Å². The molecule has 5 nitrogen and oxygen atoms in total. The van der Waals surface area contributed by atoms with Crippen LogP contribution >= 0.6 is 0 Å². The van der Waals surface area contributed by atoms with Crippen molar-refractivity contribution in [3.05, 3.63) is 40.8 Å². The van der Waals surface area contributed by atoms with E-state index in [2.05, 4.69) is 19.2 Å². The van der Waals surface area contributed by atoms with E-state index in [1.807, 2.05) is 23.1 Å². The van der Waals surface area contributed by atoms with Gasteiger partial charge in [-0.15, -0.1) is 0 Å². The molecule has 0 bridgehead atoms. The van der Waals surface area contributed by atoms with Gasteiger partial charge in [0.15, 0.2) is 0 Å². The van der Waals surface area contributed by atoms with E-state index in [0.29, 0.717) is 22.9 Å². The predicted molar refractivity (Wildman–Crippen MR) is 92.7 cm³/mol. The number of nitrogens with one attached hydrogen (secondary N) is 1. The zero-order chi connectivity index (χ0) is 16.6. The Balaban J connectivity index is 1.91. The fourth-order valence-electron chi connectivity index (χ4n) is 3.54. The second kappa shape index (κ2) is 6.07. The van der Waals surface area contributed by atoms with E-state index in [9.17, 15) is 9.59 Å². The van der Waals surface area contributed by atoms with Crippen LogP contribution in [-0.4, -0.2) is 28.6 Å². The molecular formula is C18H23N3O2. The van der Waals surface area contributed by atoms with E-state index in [4.69, 9.17) is 0 Å². The number of pyridine rings is 1. The topological polar surface area (TPSA) is 54.3 Å². The molecule has 23 heavy (non-hydrogen) atoms. The van der Waals surface area contributed by atoms with Crippen molar-refractivity contribution in [3.63, 3.8) is 0 Å². The third-order valence-corrected chi connectivity index (χ3v) is 4.49. The number of likely N-dealkylation sites (tertiary alicyclic amines) is 1. The van der Waals surface area contributed by atoms with Gasteiger partial charge in [0.1, 0.15) is 0 Å². The van der Waals surface area contributed by atoms with Crippen molar-refractivity contribution in [3.8, 4) is 0 Å². The van der Waals surface area contributed by atoms with E-state index in [0.717, 1.165) is 24.9 Å². The normalized spacial score (nSPS) is 21.4. The maximum atomic E-state index is 12.6. The number of amides is 2. The van der Waals surface area contributed by atoms with Crippen molar-refractivity contribution < 1.29 is 4.79 Å². The van der Waals surface area contributed by atoms with Crippen LogP contribution in [0.25, 0.3) is 10.8 Å². The first-order valence-corrected chi connectivity index (χ1v) is 8.10. The number of hydrogen-bond donors (Lipinski definition) is 1. The highest BCUT2D eigenvalue weighted by Gasteiger charge is 2.25. The second-order valence-corrected chi connectivity index (χ2v) is 6.79. The summed E-state index contributed by atoms with van der Waals surface area (Å²) in [5.74, 6) is 1.03. The van der Waals surface area contributed by atoms with Gasteiger partial charge in [0, 0.05) is 37.1 Å². The number of aryl methyl sites for hydroxylation is 1. The fraction of sp³-hybridized carbons (Fsp3) is 0.444. The van der Waals surface area contributed by atoms with Crippen LogP contribution in [0, 0.1) is 11.8 Å². The molecule has 0 radical (unpaired) electrons. The largest absolute Gasteiger partial charge is 0.324 e. The molecule has 1 aliphatic heterocycles. The highest BCUT2D eigenvalue weighted by molar-refractivity contribution is 6.00. The number of hydrogen-bond acceptors (Lipinski definition) is 2. The number of fused-ring (bicyclic) bond motifs is 1. The minimum absolute atomic E-state index is 0.0567. The van der Waals surface area contributed by atoms with Crippen LogP contribution in [0.3, 0.4) is 0 Å². The van der Waals surface area contributed by atoms with E-state index < -0.39 is 0 Å². The van der Waals surface area contributed by atoms with Gasteiger partial charge in [-0.3, -0.25) is 4.79 Å². The van der Waals surface area contributed by atoms with Gasteiger partial charge in [-0.2, -0.15) is 0 Å². The van der Waals surface area contributed by atoms with Crippen LogP contribution in [0.2, 0.25) is 0 Å². The highest BCUT2D eigenvalue weighted by Crippen LogP contribution is 2.24. The summed E-state index contributed by atoms with van der Waals surface area (Å²) in [4.78, 5) is 26.7. The van der Waals surface area contributed by atoms with Gasteiger partial charge in [0.05, 0.1) is 5.69 Å². The molecule has 1 aliphatic rings. The molecule has 0 aliphatic carbocycles. The number of anilines is 1. The average molecular weight is 313 g/mol. The summed E-state index contributed by atoms with van der Waals surface area (Å²) in [5, 5.41) is 4.39. The SMILES string of the molecule is CC1CC(C)CN(C(=O)Nc2cn(C)c(=O)c3ccccc23)C1. The maximum Gasteiger partial charge on any atom is 0.321 e. The molecule has 2 aromatic rings. The lowest BCUT2D eigenvalue weighted by Gasteiger charge is -2.35. The Hall–Kier alpha value is -2.30. The van der Waals surface area contributed by atoms with Crippen LogP contribution in [0.4, 0.5) is 10.5 Å². The number of rotatable bonds is 1. The minimum atomic E-state index is -0.0906. The summed E-state index contributed by atoms with van der Waals surface area (Å²) in [7, 11) is 1.70. The Bertz CT molecular complexity index is 786. The van der Waals surface area contributed by atoms with Gasteiger partial charge in [-0.1, -0.05) is 32.0 Å². The molecule has 3 rings (SSSR count). The molecule has 2 heterocycles. The lowest BCUT2D eigenvalue weighted by molar-refractivity contribution is 0.156. The summed E-state index contributed by atoms with van der Waals surface area (Å²) >= 11 is 0. The first-order chi connectivity index (χ1) is 11.0. The van der Waals surface area contributed by atoms with Crippen molar-refractivity contribution in [2.45, 2.75) is 20.3 Å². The van der Waals surface area contributed by atoms with E-state index in [-0.39, 0.29) is 11.6 Å². The molecule has 2 atom stereocenters. The Labute approximate surface area is 135 Å². The first kappa shape index (κ1) is 15.6. The molecule has 122 valence electrons. The maximum absolute atomic E-state index is 12.6. The standard InChI is InChI=1S/C18H23N3O2/c1-12-8-13(2)10-21(9-12)18(23)19-16-11-20(3)17(22)15-7-5-4-6-14(15)16/h4-7,11-13H,8-10H2,1-3H3,(H,19,23).